The molecular weight excluding hydrogens is 394 g/mol. The van der Waals surface area contributed by atoms with Gasteiger partial charge in [0.2, 0.25) is 5.91 Å². The highest BCUT2D eigenvalue weighted by atomic mass is 32.2. The van der Waals surface area contributed by atoms with Gasteiger partial charge in [-0.25, -0.2) is 8.42 Å². The first-order chi connectivity index (χ1) is 13.8. The topological polar surface area (TPSA) is 96.0 Å². The summed E-state index contributed by atoms with van der Waals surface area (Å²) in [6.45, 7) is 1.27. The predicted molar refractivity (Wildman–Crippen MR) is 107 cm³/mol. The fraction of sp³-hybridized carbons (Fsp3) is 0.300. The van der Waals surface area contributed by atoms with Gasteiger partial charge in [0.25, 0.3) is 15.9 Å². The first-order valence-electron chi connectivity index (χ1n) is 9.12. The Hall–Kier alpha value is -2.75. The van der Waals surface area contributed by atoms with Gasteiger partial charge in [-0.15, -0.1) is 0 Å². The van der Waals surface area contributed by atoms with E-state index in [0.717, 1.165) is 23.0 Å². The minimum atomic E-state index is -3.76. The number of anilines is 1. The van der Waals surface area contributed by atoms with Crippen molar-refractivity contribution in [2.24, 2.45) is 0 Å². The van der Waals surface area contributed by atoms with Crippen LogP contribution >= 0.6 is 0 Å². The number of hydroxylamine groups is 1. The summed E-state index contributed by atoms with van der Waals surface area (Å²) in [5, 5.41) is 2.80. The summed E-state index contributed by atoms with van der Waals surface area (Å²) in [4.78, 5) is 30.9. The normalized spacial score (nSPS) is 14.4. The van der Waals surface area contributed by atoms with E-state index in [-0.39, 0.29) is 16.7 Å². The van der Waals surface area contributed by atoms with Gasteiger partial charge in [-0.05, 0) is 48.4 Å². The fourth-order valence-electron chi connectivity index (χ4n) is 3.07. The van der Waals surface area contributed by atoms with E-state index >= 15 is 0 Å². The van der Waals surface area contributed by atoms with Crippen molar-refractivity contribution in [1.29, 1.82) is 0 Å². The summed E-state index contributed by atoms with van der Waals surface area (Å²) in [6, 6.07) is 12.9. The van der Waals surface area contributed by atoms with Gasteiger partial charge in [-0.3, -0.25) is 14.4 Å². The molecule has 154 valence electrons. The number of carbonyl (C=O) groups excluding carboxylic acids is 2. The van der Waals surface area contributed by atoms with Crippen LogP contribution in [0.4, 0.5) is 5.69 Å². The largest absolute Gasteiger partial charge is 0.338 e. The zero-order chi connectivity index (χ0) is 21.0. The summed E-state index contributed by atoms with van der Waals surface area (Å²) in [7, 11) is -1.22. The van der Waals surface area contributed by atoms with E-state index in [9.17, 15) is 18.0 Å². The molecular formula is C20H23N3O5S. The van der Waals surface area contributed by atoms with Crippen LogP contribution in [0.25, 0.3) is 0 Å². The summed E-state index contributed by atoms with van der Waals surface area (Å²) in [5.74, 6) is -0.211. The van der Waals surface area contributed by atoms with Crippen molar-refractivity contribution in [2.75, 3.05) is 26.0 Å². The van der Waals surface area contributed by atoms with Crippen LogP contribution < -0.4 is 5.32 Å². The maximum absolute atomic E-state index is 12.5. The molecule has 2 amide bonds. The van der Waals surface area contributed by atoms with Gasteiger partial charge in [-0.2, -0.15) is 0 Å². The van der Waals surface area contributed by atoms with E-state index in [1.165, 1.54) is 38.4 Å². The highest BCUT2D eigenvalue weighted by Gasteiger charge is 2.21. The highest BCUT2D eigenvalue weighted by Crippen LogP contribution is 2.19. The molecule has 0 unspecified atom stereocenters. The van der Waals surface area contributed by atoms with Gasteiger partial charge in [-0.1, -0.05) is 16.6 Å². The number of amides is 2. The molecule has 8 nitrogen and oxygen atoms in total. The SMILES string of the molecule is CON(C)S(=O)(=O)c1ccc(C(=O)Nc2cccc(CN3CCCC3=O)c2)cc1. The summed E-state index contributed by atoms with van der Waals surface area (Å²) in [6.07, 6.45) is 1.46. The minimum Gasteiger partial charge on any atom is -0.338 e. The molecule has 0 atom stereocenters. The number of rotatable bonds is 7. The molecule has 0 bridgehead atoms. The Morgan fingerprint density at radius 1 is 1.21 bits per heavy atom. The van der Waals surface area contributed by atoms with Crippen molar-refractivity contribution >= 4 is 27.5 Å². The second-order valence-electron chi connectivity index (χ2n) is 6.70. The third-order valence-electron chi connectivity index (χ3n) is 4.74. The zero-order valence-corrected chi connectivity index (χ0v) is 17.1. The van der Waals surface area contributed by atoms with E-state index in [1.54, 1.807) is 11.0 Å². The van der Waals surface area contributed by atoms with Gasteiger partial charge >= 0.3 is 0 Å². The number of sulfonamides is 1. The molecule has 9 heteroatoms. The third-order valence-corrected chi connectivity index (χ3v) is 6.43. The lowest BCUT2D eigenvalue weighted by molar-refractivity contribution is -0.128. The van der Waals surface area contributed by atoms with E-state index in [0.29, 0.717) is 24.2 Å². The molecule has 0 radical (unpaired) electrons. The van der Waals surface area contributed by atoms with Crippen molar-refractivity contribution in [3.05, 3.63) is 59.7 Å². The van der Waals surface area contributed by atoms with Crippen molar-refractivity contribution < 1.29 is 22.8 Å². The maximum atomic E-state index is 12.5. The van der Waals surface area contributed by atoms with E-state index < -0.39 is 10.0 Å². The monoisotopic (exact) mass is 417 g/mol. The Kier molecular flexibility index (Phi) is 6.31. The maximum Gasteiger partial charge on any atom is 0.264 e. The summed E-state index contributed by atoms with van der Waals surface area (Å²) >= 11 is 0. The minimum absolute atomic E-state index is 0.0238. The van der Waals surface area contributed by atoms with Crippen LogP contribution in [0, 0.1) is 0 Å². The van der Waals surface area contributed by atoms with Gasteiger partial charge in [0.15, 0.2) is 0 Å². The molecule has 0 aliphatic carbocycles. The summed E-state index contributed by atoms with van der Waals surface area (Å²) in [5.41, 5.74) is 1.86. The molecule has 1 heterocycles. The fourth-order valence-corrected chi connectivity index (χ4v) is 4.04. The number of likely N-dealkylation sites (tertiary alicyclic amines) is 1. The van der Waals surface area contributed by atoms with E-state index in [4.69, 9.17) is 4.84 Å². The molecule has 0 spiro atoms. The lowest BCUT2D eigenvalue weighted by Gasteiger charge is -2.16. The van der Waals surface area contributed by atoms with Crippen LogP contribution in [0.3, 0.4) is 0 Å². The Bertz CT molecular complexity index is 1010. The Morgan fingerprint density at radius 3 is 2.55 bits per heavy atom. The lowest BCUT2D eigenvalue weighted by atomic mass is 10.1. The van der Waals surface area contributed by atoms with Gasteiger partial charge in [0, 0.05) is 37.8 Å². The molecule has 3 rings (SSSR count). The first-order valence-corrected chi connectivity index (χ1v) is 10.6. The van der Waals surface area contributed by atoms with E-state index in [1.807, 2.05) is 18.2 Å². The van der Waals surface area contributed by atoms with Gasteiger partial charge < -0.3 is 10.2 Å². The first kappa shape index (κ1) is 21.0. The Morgan fingerprint density at radius 2 is 1.93 bits per heavy atom. The lowest BCUT2D eigenvalue weighted by Crippen LogP contribution is -2.25. The van der Waals surface area contributed by atoms with E-state index in [2.05, 4.69) is 5.32 Å². The molecule has 29 heavy (non-hydrogen) atoms. The highest BCUT2D eigenvalue weighted by molar-refractivity contribution is 7.89. The van der Waals surface area contributed by atoms with Gasteiger partial charge in [0.1, 0.15) is 0 Å². The van der Waals surface area contributed by atoms with Crippen molar-refractivity contribution in [3.8, 4) is 0 Å². The molecule has 1 N–H and O–H groups in total. The van der Waals surface area contributed by atoms with Crippen molar-refractivity contribution in [1.82, 2.24) is 9.37 Å². The number of benzene rings is 2. The van der Waals surface area contributed by atoms with Crippen molar-refractivity contribution in [3.63, 3.8) is 0 Å². The van der Waals surface area contributed by atoms with Crippen LogP contribution in [0.5, 0.6) is 0 Å². The molecule has 1 aliphatic rings. The predicted octanol–water partition coefficient (Wildman–Crippen LogP) is 2.24. The van der Waals surface area contributed by atoms with Crippen LogP contribution in [0.1, 0.15) is 28.8 Å². The average Bonchev–Trinajstić information content (AvgIpc) is 3.12. The van der Waals surface area contributed by atoms with Crippen LogP contribution in [0.15, 0.2) is 53.4 Å². The van der Waals surface area contributed by atoms with Gasteiger partial charge in [0.05, 0.1) is 12.0 Å². The number of hydrogen-bond acceptors (Lipinski definition) is 5. The molecule has 1 aliphatic heterocycles. The smallest absolute Gasteiger partial charge is 0.264 e. The molecule has 1 saturated heterocycles. The van der Waals surface area contributed by atoms with Crippen LogP contribution in [0.2, 0.25) is 0 Å². The second kappa shape index (κ2) is 8.73. The molecule has 1 fully saturated rings. The number of nitrogens with one attached hydrogen (secondary N) is 1. The molecule has 2 aromatic rings. The van der Waals surface area contributed by atoms with Crippen LogP contribution in [-0.4, -0.2) is 50.3 Å². The molecule has 0 saturated carbocycles. The molecule has 0 aromatic heterocycles. The van der Waals surface area contributed by atoms with Crippen molar-refractivity contribution in [2.45, 2.75) is 24.3 Å². The summed E-state index contributed by atoms with van der Waals surface area (Å²) < 4.78 is 25.2. The quantitative estimate of drug-likeness (QED) is 0.697. The Labute approximate surface area is 170 Å². The molecule has 2 aromatic carbocycles. The zero-order valence-electron chi connectivity index (χ0n) is 16.3. The Balaban J connectivity index is 1.69. The number of hydrogen-bond donors (Lipinski definition) is 1. The second-order valence-corrected chi connectivity index (χ2v) is 8.63. The average molecular weight is 417 g/mol. The number of carbonyl (C=O) groups is 2. The number of nitrogens with zero attached hydrogens (tertiary/aromatic N) is 2. The van der Waals surface area contributed by atoms with Crippen LogP contribution in [-0.2, 0) is 26.2 Å². The third kappa shape index (κ3) is 4.81. The standard InChI is InChI=1S/C20H23N3O5S/c1-22(28-2)29(26,27)18-10-8-16(9-11-18)20(25)21-17-6-3-5-15(13-17)14-23-12-4-7-19(23)24/h3,5-6,8-11,13H,4,7,12,14H2,1-2H3,(H,21,25).